The monoisotopic (exact) mass is 490 g/mol. The summed E-state index contributed by atoms with van der Waals surface area (Å²) in [5.74, 6) is -0.451. The van der Waals surface area contributed by atoms with Crippen molar-refractivity contribution in [3.63, 3.8) is 0 Å². The Hall–Kier alpha value is -4.03. The molecule has 1 atom stereocenters. The minimum absolute atomic E-state index is 0.106. The van der Waals surface area contributed by atoms with Gasteiger partial charge in [0.05, 0.1) is 23.5 Å². The number of carbonyl (C=O) groups excluding carboxylic acids is 2. The number of ether oxygens (including phenoxy) is 1. The average molecular weight is 491 g/mol. The number of carbonyl (C=O) groups is 2. The molecular formula is C25H23ClN6O3. The molecule has 2 aromatic carbocycles. The lowest BCUT2D eigenvalue weighted by Gasteiger charge is -2.22. The van der Waals surface area contributed by atoms with E-state index in [1.807, 2.05) is 6.07 Å². The number of amides is 2. The molecule has 0 bridgehead atoms. The molecule has 1 N–H and O–H groups in total. The van der Waals surface area contributed by atoms with Crippen LogP contribution in [0.2, 0.25) is 5.02 Å². The van der Waals surface area contributed by atoms with Gasteiger partial charge in [-0.1, -0.05) is 17.7 Å². The summed E-state index contributed by atoms with van der Waals surface area (Å²) in [6.45, 7) is 5.43. The van der Waals surface area contributed by atoms with E-state index in [-0.39, 0.29) is 6.54 Å². The number of hydrogen-bond donors (Lipinski definition) is 1. The molecule has 9 nitrogen and oxygen atoms in total. The van der Waals surface area contributed by atoms with Crippen molar-refractivity contribution >= 4 is 23.6 Å². The van der Waals surface area contributed by atoms with Gasteiger partial charge in [-0.3, -0.25) is 9.48 Å². The van der Waals surface area contributed by atoms with Crippen LogP contribution in [0.4, 0.5) is 4.79 Å². The summed E-state index contributed by atoms with van der Waals surface area (Å²) in [4.78, 5) is 24.5. The molecule has 2 amide bonds. The fourth-order valence-corrected chi connectivity index (χ4v) is 4.03. The first-order valence-corrected chi connectivity index (χ1v) is 11.2. The van der Waals surface area contributed by atoms with Gasteiger partial charge in [0.15, 0.2) is 0 Å². The summed E-state index contributed by atoms with van der Waals surface area (Å²) in [5.41, 5.74) is 3.72. The average Bonchev–Trinajstić information content (AvgIpc) is 3.18. The normalized spacial score (nSPS) is 14.9. The van der Waals surface area contributed by atoms with Crippen LogP contribution in [-0.2, 0) is 11.8 Å². The molecule has 0 radical (unpaired) electrons. The number of aryl methyl sites for hydroxylation is 1. The van der Waals surface area contributed by atoms with E-state index >= 15 is 0 Å². The Morgan fingerprint density at radius 2 is 1.97 bits per heavy atom. The fourth-order valence-electron chi connectivity index (χ4n) is 3.86. The van der Waals surface area contributed by atoms with Crippen LogP contribution < -0.4 is 5.32 Å². The first kappa shape index (κ1) is 24.1. The highest BCUT2D eigenvalue weighted by Crippen LogP contribution is 2.37. The third-order valence-electron chi connectivity index (χ3n) is 5.37. The molecule has 0 saturated heterocycles. The van der Waals surface area contributed by atoms with E-state index in [4.69, 9.17) is 16.3 Å². The Balaban J connectivity index is 1.72. The summed E-state index contributed by atoms with van der Waals surface area (Å²) in [7, 11) is 1.78. The summed E-state index contributed by atoms with van der Waals surface area (Å²) < 4.78 is 6.97. The van der Waals surface area contributed by atoms with Gasteiger partial charge in [-0.25, -0.2) is 4.79 Å². The van der Waals surface area contributed by atoms with Gasteiger partial charge in [0.1, 0.15) is 11.6 Å². The molecule has 35 heavy (non-hydrogen) atoms. The number of nitrogens with one attached hydrogen (secondary N) is 1. The van der Waals surface area contributed by atoms with Crippen molar-refractivity contribution in [1.29, 1.82) is 5.26 Å². The molecular weight excluding hydrogens is 468 g/mol. The van der Waals surface area contributed by atoms with Crippen molar-refractivity contribution in [1.82, 2.24) is 15.1 Å². The van der Waals surface area contributed by atoms with Crippen molar-refractivity contribution in [3.8, 4) is 28.5 Å². The van der Waals surface area contributed by atoms with Crippen molar-refractivity contribution in [3.05, 3.63) is 64.3 Å². The second-order valence-corrected chi connectivity index (χ2v) is 9.49. The maximum Gasteiger partial charge on any atom is 0.407 e. The van der Waals surface area contributed by atoms with E-state index in [1.165, 1.54) is 0 Å². The number of rotatable bonds is 4. The first-order valence-electron chi connectivity index (χ1n) is 10.9. The molecule has 0 fully saturated rings. The van der Waals surface area contributed by atoms with Crippen molar-refractivity contribution in [2.45, 2.75) is 32.4 Å². The van der Waals surface area contributed by atoms with Gasteiger partial charge in [0.2, 0.25) is 0 Å². The zero-order valence-corrected chi connectivity index (χ0v) is 20.4. The van der Waals surface area contributed by atoms with Gasteiger partial charge in [0, 0.05) is 35.3 Å². The van der Waals surface area contributed by atoms with Gasteiger partial charge in [-0.05, 0) is 62.2 Å². The smallest absolute Gasteiger partial charge is 0.407 e. The molecule has 178 valence electrons. The molecule has 4 rings (SSSR count). The quantitative estimate of drug-likeness (QED) is 0.521. The molecule has 0 spiro atoms. The number of nitrogens with zero attached hydrogens (tertiary/aromatic N) is 5. The molecule has 0 saturated carbocycles. The Labute approximate surface area is 207 Å². The third kappa shape index (κ3) is 5.08. The van der Waals surface area contributed by atoms with E-state index in [2.05, 4.69) is 26.7 Å². The summed E-state index contributed by atoms with van der Waals surface area (Å²) >= 11 is 6.23. The highest BCUT2D eigenvalue weighted by Gasteiger charge is 2.27. The Morgan fingerprint density at radius 3 is 2.69 bits per heavy atom. The first-order chi connectivity index (χ1) is 16.6. The van der Waals surface area contributed by atoms with Crippen LogP contribution in [0, 0.1) is 11.3 Å². The summed E-state index contributed by atoms with van der Waals surface area (Å²) in [5, 5.41) is 25.1. The van der Waals surface area contributed by atoms with Crippen LogP contribution >= 0.6 is 11.6 Å². The second kappa shape index (κ2) is 9.31. The number of azo groups is 1. The van der Waals surface area contributed by atoms with E-state index in [1.54, 1.807) is 69.0 Å². The van der Waals surface area contributed by atoms with Gasteiger partial charge in [-0.15, -0.1) is 5.11 Å². The third-order valence-corrected chi connectivity index (χ3v) is 5.61. The van der Waals surface area contributed by atoms with Gasteiger partial charge in [-0.2, -0.15) is 15.5 Å². The number of aromatic nitrogens is 2. The zero-order valence-electron chi connectivity index (χ0n) is 19.7. The van der Waals surface area contributed by atoms with Crippen molar-refractivity contribution < 1.29 is 14.3 Å². The van der Waals surface area contributed by atoms with Crippen LogP contribution in [0.25, 0.3) is 22.4 Å². The van der Waals surface area contributed by atoms with Crippen LogP contribution in [-0.4, -0.2) is 33.9 Å². The second-order valence-electron chi connectivity index (χ2n) is 9.05. The Morgan fingerprint density at radius 1 is 1.20 bits per heavy atom. The highest BCUT2D eigenvalue weighted by atomic mass is 35.5. The molecule has 1 unspecified atom stereocenters. The lowest BCUT2D eigenvalue weighted by molar-refractivity contribution is 0.0524. The number of halogens is 1. The lowest BCUT2D eigenvalue weighted by Crippen LogP contribution is -2.35. The number of hydrogen-bond acceptors (Lipinski definition) is 6. The standard InChI is InChI=1S/C25H23ClN6O3/c1-25(2,3)35-24(34)28-13-21-19-9-14(6-8-17(19)23(33)31-30-21)20-12-29-32(4)22(20)18-10-16(26)7-5-15(18)11-27/h5-10,12,21H,13H2,1-4H3,(H,28,34). The van der Waals surface area contributed by atoms with Crippen LogP contribution in [0.15, 0.2) is 52.8 Å². The van der Waals surface area contributed by atoms with Crippen LogP contribution in [0.3, 0.4) is 0 Å². The zero-order chi connectivity index (χ0) is 25.3. The molecule has 3 aromatic rings. The van der Waals surface area contributed by atoms with Crippen molar-refractivity contribution in [2.75, 3.05) is 6.54 Å². The van der Waals surface area contributed by atoms with Gasteiger partial charge < -0.3 is 10.1 Å². The SMILES string of the molecule is Cn1ncc(-c2ccc3c(c2)C(CNC(=O)OC(C)(C)C)N=NC3=O)c1-c1cc(Cl)ccc1C#N. The van der Waals surface area contributed by atoms with Gasteiger partial charge in [0.25, 0.3) is 5.91 Å². The number of nitriles is 1. The van der Waals surface area contributed by atoms with E-state index in [0.29, 0.717) is 33.0 Å². The Kier molecular flexibility index (Phi) is 6.41. The molecule has 2 heterocycles. The van der Waals surface area contributed by atoms with Crippen LogP contribution in [0.5, 0.6) is 0 Å². The summed E-state index contributed by atoms with van der Waals surface area (Å²) in [6.07, 6.45) is 1.11. The maximum atomic E-state index is 12.4. The topological polar surface area (TPSA) is 122 Å². The maximum absolute atomic E-state index is 12.4. The van der Waals surface area contributed by atoms with E-state index in [0.717, 1.165) is 11.1 Å². The predicted molar refractivity (Wildman–Crippen MR) is 130 cm³/mol. The number of fused-ring (bicyclic) bond motifs is 1. The van der Waals surface area contributed by atoms with Crippen molar-refractivity contribution in [2.24, 2.45) is 17.3 Å². The molecule has 0 aliphatic carbocycles. The largest absolute Gasteiger partial charge is 0.444 e. The number of benzene rings is 2. The minimum atomic E-state index is -0.640. The Bertz CT molecular complexity index is 1400. The van der Waals surface area contributed by atoms with Crippen LogP contribution in [0.1, 0.15) is 48.3 Å². The summed E-state index contributed by atoms with van der Waals surface area (Å²) in [6, 6.07) is 12.0. The minimum Gasteiger partial charge on any atom is -0.444 e. The molecule has 10 heteroatoms. The van der Waals surface area contributed by atoms with E-state index < -0.39 is 23.6 Å². The molecule has 1 aliphatic heterocycles. The fraction of sp³-hybridized carbons (Fsp3) is 0.280. The number of alkyl carbamates (subject to hydrolysis) is 1. The van der Waals surface area contributed by atoms with Gasteiger partial charge >= 0.3 is 6.09 Å². The lowest BCUT2D eigenvalue weighted by atomic mass is 9.92. The predicted octanol–water partition coefficient (Wildman–Crippen LogP) is 5.45. The molecule has 1 aliphatic rings. The highest BCUT2D eigenvalue weighted by molar-refractivity contribution is 6.31. The van der Waals surface area contributed by atoms with E-state index in [9.17, 15) is 14.9 Å². The molecule has 1 aromatic heterocycles.